The summed E-state index contributed by atoms with van der Waals surface area (Å²) in [5.74, 6) is 0.609. The van der Waals surface area contributed by atoms with Crippen LogP contribution in [0, 0.1) is 23.7 Å². The number of carbonyl (C=O) groups is 1. The van der Waals surface area contributed by atoms with E-state index >= 15 is 0 Å². The molecule has 25 heavy (non-hydrogen) atoms. The van der Waals surface area contributed by atoms with Gasteiger partial charge in [0.05, 0.1) is 12.0 Å². The molecule has 0 aliphatic heterocycles. The number of rotatable bonds is 4. The molecule has 0 spiro atoms. The van der Waals surface area contributed by atoms with Gasteiger partial charge >= 0.3 is 0 Å². The van der Waals surface area contributed by atoms with Crippen LogP contribution in [0.25, 0.3) is 11.1 Å². The van der Waals surface area contributed by atoms with Crippen molar-refractivity contribution in [2.75, 3.05) is 0 Å². The minimum Gasteiger partial charge on any atom is -0.388 e. The van der Waals surface area contributed by atoms with Crippen LogP contribution in [0.2, 0.25) is 0 Å². The summed E-state index contributed by atoms with van der Waals surface area (Å²) in [6.45, 7) is 6.31. The summed E-state index contributed by atoms with van der Waals surface area (Å²) >= 11 is 0. The van der Waals surface area contributed by atoms with E-state index in [4.69, 9.17) is 0 Å². The lowest BCUT2D eigenvalue weighted by molar-refractivity contribution is -0.138. The number of ketones is 1. The Morgan fingerprint density at radius 2 is 1.52 bits per heavy atom. The highest BCUT2D eigenvalue weighted by Gasteiger charge is 2.41. The first-order chi connectivity index (χ1) is 12.0. The second kappa shape index (κ2) is 7.53. The summed E-state index contributed by atoms with van der Waals surface area (Å²) in [5.41, 5.74) is 3.12. The zero-order valence-corrected chi connectivity index (χ0v) is 15.4. The van der Waals surface area contributed by atoms with Gasteiger partial charge in [0.15, 0.2) is 0 Å². The average molecular weight is 336 g/mol. The van der Waals surface area contributed by atoms with Gasteiger partial charge in [0.2, 0.25) is 0 Å². The van der Waals surface area contributed by atoms with Gasteiger partial charge in [0.25, 0.3) is 0 Å². The van der Waals surface area contributed by atoms with E-state index in [0.29, 0.717) is 5.92 Å². The molecule has 4 atom stereocenters. The lowest BCUT2D eigenvalue weighted by Gasteiger charge is -2.37. The van der Waals surface area contributed by atoms with Crippen molar-refractivity contribution in [3.8, 4) is 11.1 Å². The molecule has 0 aromatic heterocycles. The van der Waals surface area contributed by atoms with Crippen molar-refractivity contribution in [2.45, 2.75) is 39.7 Å². The van der Waals surface area contributed by atoms with Gasteiger partial charge in [-0.3, -0.25) is 4.79 Å². The third-order valence-corrected chi connectivity index (χ3v) is 5.74. The molecule has 0 heterocycles. The number of hydrogen-bond donors (Lipinski definition) is 1. The molecule has 0 saturated heterocycles. The molecule has 0 radical (unpaired) electrons. The Hall–Kier alpha value is -1.93. The zero-order chi connectivity index (χ0) is 18.0. The van der Waals surface area contributed by atoms with Crippen LogP contribution in [0.15, 0.2) is 54.6 Å². The van der Waals surface area contributed by atoms with Gasteiger partial charge in [0.1, 0.15) is 5.78 Å². The van der Waals surface area contributed by atoms with Gasteiger partial charge in [-0.2, -0.15) is 0 Å². The number of Topliss-reactive ketones (excluding diaryl/α,β-unsaturated/α-hetero) is 1. The van der Waals surface area contributed by atoms with Gasteiger partial charge in [-0.25, -0.2) is 0 Å². The summed E-state index contributed by atoms with van der Waals surface area (Å²) < 4.78 is 0. The first kappa shape index (κ1) is 17.9. The van der Waals surface area contributed by atoms with Crippen LogP contribution in [0.4, 0.5) is 0 Å². The van der Waals surface area contributed by atoms with Crippen LogP contribution in [0.3, 0.4) is 0 Å². The van der Waals surface area contributed by atoms with Crippen molar-refractivity contribution in [3.05, 3.63) is 60.2 Å². The normalized spacial score (nSPS) is 25.2. The summed E-state index contributed by atoms with van der Waals surface area (Å²) in [6.07, 6.45) is 1.25. The quantitative estimate of drug-likeness (QED) is 0.825. The maximum atomic E-state index is 12.9. The highest BCUT2D eigenvalue weighted by molar-refractivity contribution is 5.85. The van der Waals surface area contributed by atoms with E-state index in [9.17, 15) is 9.90 Å². The molecule has 132 valence electrons. The molecule has 2 aromatic carbocycles. The van der Waals surface area contributed by atoms with Gasteiger partial charge in [-0.05, 0) is 41.4 Å². The van der Waals surface area contributed by atoms with E-state index < -0.39 is 6.10 Å². The molecule has 1 saturated carbocycles. The second-order valence-electron chi connectivity index (χ2n) is 7.77. The van der Waals surface area contributed by atoms with Crippen LogP contribution < -0.4 is 0 Å². The maximum Gasteiger partial charge on any atom is 0.142 e. The highest BCUT2D eigenvalue weighted by atomic mass is 16.3. The molecule has 0 bridgehead atoms. The Balaban J connectivity index is 1.82. The molecular weight excluding hydrogens is 308 g/mol. The fourth-order valence-corrected chi connectivity index (χ4v) is 4.13. The van der Waals surface area contributed by atoms with Crippen LogP contribution in [-0.2, 0) is 4.79 Å². The Bertz CT molecular complexity index is 703. The summed E-state index contributed by atoms with van der Waals surface area (Å²) in [6, 6.07) is 18.2. The first-order valence-electron chi connectivity index (χ1n) is 9.36. The van der Waals surface area contributed by atoms with E-state index in [-0.39, 0.29) is 23.5 Å². The largest absolute Gasteiger partial charge is 0.388 e. The van der Waals surface area contributed by atoms with Crippen molar-refractivity contribution in [1.29, 1.82) is 0 Å². The lowest BCUT2D eigenvalue weighted by atomic mass is 9.67. The minimum absolute atomic E-state index is 0.0828. The third kappa shape index (κ3) is 3.69. The Labute approximate surface area is 150 Å². The third-order valence-electron chi connectivity index (χ3n) is 5.74. The van der Waals surface area contributed by atoms with E-state index in [1.54, 1.807) is 0 Å². The van der Waals surface area contributed by atoms with Crippen LogP contribution in [-0.4, -0.2) is 10.9 Å². The van der Waals surface area contributed by atoms with Crippen LogP contribution in [0.5, 0.6) is 0 Å². The first-order valence-corrected chi connectivity index (χ1v) is 9.36. The van der Waals surface area contributed by atoms with Gasteiger partial charge in [-0.15, -0.1) is 0 Å². The number of carbonyl (C=O) groups excluding carboxylic acids is 1. The topological polar surface area (TPSA) is 37.3 Å². The Kier molecular flexibility index (Phi) is 5.39. The predicted octanol–water partition coefficient (Wildman–Crippen LogP) is 5.27. The molecular formula is C23H28O2. The highest BCUT2D eigenvalue weighted by Crippen LogP contribution is 2.41. The maximum absolute atomic E-state index is 12.9. The zero-order valence-electron chi connectivity index (χ0n) is 15.4. The minimum atomic E-state index is -0.714. The smallest absolute Gasteiger partial charge is 0.142 e. The molecule has 1 aliphatic carbocycles. The van der Waals surface area contributed by atoms with Crippen molar-refractivity contribution < 1.29 is 9.90 Å². The van der Waals surface area contributed by atoms with Crippen LogP contribution in [0.1, 0.15) is 45.3 Å². The van der Waals surface area contributed by atoms with E-state index in [1.165, 1.54) is 0 Å². The van der Waals surface area contributed by atoms with E-state index in [0.717, 1.165) is 29.5 Å². The lowest BCUT2D eigenvalue weighted by Crippen LogP contribution is -2.39. The number of aliphatic hydroxyl groups is 1. The number of hydrogen-bond acceptors (Lipinski definition) is 2. The molecule has 1 aliphatic rings. The average Bonchev–Trinajstić information content (AvgIpc) is 2.62. The molecule has 2 aromatic rings. The summed E-state index contributed by atoms with van der Waals surface area (Å²) in [7, 11) is 0. The number of benzene rings is 2. The number of aliphatic hydroxyl groups excluding tert-OH is 1. The van der Waals surface area contributed by atoms with Gasteiger partial charge in [-0.1, -0.05) is 75.4 Å². The van der Waals surface area contributed by atoms with E-state index in [1.807, 2.05) is 42.5 Å². The second-order valence-corrected chi connectivity index (χ2v) is 7.77. The molecule has 0 amide bonds. The van der Waals surface area contributed by atoms with Crippen molar-refractivity contribution >= 4 is 5.78 Å². The summed E-state index contributed by atoms with van der Waals surface area (Å²) in [4.78, 5) is 12.9. The van der Waals surface area contributed by atoms with Crippen molar-refractivity contribution in [1.82, 2.24) is 0 Å². The molecule has 1 fully saturated rings. The van der Waals surface area contributed by atoms with Crippen molar-refractivity contribution in [2.24, 2.45) is 23.7 Å². The predicted molar refractivity (Wildman–Crippen MR) is 102 cm³/mol. The van der Waals surface area contributed by atoms with Crippen molar-refractivity contribution in [3.63, 3.8) is 0 Å². The fraction of sp³-hybridized carbons (Fsp3) is 0.435. The van der Waals surface area contributed by atoms with Gasteiger partial charge < -0.3 is 5.11 Å². The van der Waals surface area contributed by atoms with Gasteiger partial charge in [0, 0.05) is 5.92 Å². The standard InChI is InChI=1S/C23H28O2/c1-15(2)20-14-9-16(3)21(23(20)25)22(24)19-12-10-18(11-13-19)17-7-5-4-6-8-17/h4-8,10-13,15-16,20-22,24H,9,14H2,1-3H3/t16-,20-,21+,22-/m0/s1. The molecule has 0 unspecified atom stereocenters. The Morgan fingerprint density at radius 3 is 2.12 bits per heavy atom. The SMILES string of the molecule is CC(C)[C@@H]1CC[C@H](C)[C@H]([C@@H](O)c2ccc(-c3ccccc3)cc2)C1=O. The Morgan fingerprint density at radius 1 is 0.920 bits per heavy atom. The monoisotopic (exact) mass is 336 g/mol. The summed E-state index contributed by atoms with van der Waals surface area (Å²) in [5, 5.41) is 10.9. The molecule has 3 rings (SSSR count). The molecule has 2 heteroatoms. The fourth-order valence-electron chi connectivity index (χ4n) is 4.13. The van der Waals surface area contributed by atoms with Crippen LogP contribution >= 0.6 is 0 Å². The molecule has 2 nitrogen and oxygen atoms in total. The van der Waals surface area contributed by atoms with E-state index in [2.05, 4.69) is 32.9 Å². The molecule has 1 N–H and O–H groups in total.